The Labute approximate surface area is 453 Å². The minimum Gasteiger partial charge on any atom is -0.334 e. The first kappa shape index (κ1) is 51.3. The molecule has 3 aliphatic heterocycles. The van der Waals surface area contributed by atoms with Gasteiger partial charge in [-0.05, 0) is 152 Å². The Balaban J connectivity index is 1.30. The minimum atomic E-state index is -1.62. The molecule has 7 aromatic rings. The molecule has 3 nitrogen and oxygen atoms in total. The summed E-state index contributed by atoms with van der Waals surface area (Å²) in [6.07, 6.45) is 4.81. The summed E-state index contributed by atoms with van der Waals surface area (Å²) in [7, 11) is -1.62. The van der Waals surface area contributed by atoms with Gasteiger partial charge in [-0.3, -0.25) is 0 Å². The average Bonchev–Trinajstić information content (AvgIpc) is 3.57. The Morgan fingerprint density at radius 2 is 1.09 bits per heavy atom. The molecule has 3 atom stereocenters. The third kappa shape index (κ3) is 8.27. The molecule has 0 bridgehead atoms. The summed E-state index contributed by atoms with van der Waals surface area (Å²) in [5.74, 6) is 0.864. The Morgan fingerprint density at radius 1 is 0.507 bits per heavy atom. The fraction of sp³-hybridized carbons (Fsp3) is 0.400. The van der Waals surface area contributed by atoms with Crippen LogP contribution in [0.2, 0.25) is 19.6 Å². The lowest BCUT2D eigenvalue weighted by Crippen LogP contribution is -2.61. The molecule has 3 heterocycles. The van der Waals surface area contributed by atoms with Crippen LogP contribution in [0, 0.1) is 5.92 Å². The van der Waals surface area contributed by atoms with Crippen molar-refractivity contribution in [2.45, 2.75) is 175 Å². The van der Waals surface area contributed by atoms with Gasteiger partial charge in [0, 0.05) is 50.8 Å². The molecule has 75 heavy (non-hydrogen) atoms. The van der Waals surface area contributed by atoms with Crippen molar-refractivity contribution in [2.24, 2.45) is 5.92 Å². The van der Waals surface area contributed by atoms with Crippen LogP contribution in [0.25, 0.3) is 11.1 Å². The van der Waals surface area contributed by atoms with Crippen LogP contribution in [-0.4, -0.2) is 20.3 Å². The second-order valence-electron chi connectivity index (χ2n) is 28.2. The summed E-state index contributed by atoms with van der Waals surface area (Å²) >= 11 is 0. The van der Waals surface area contributed by atoms with Crippen molar-refractivity contribution >= 4 is 81.9 Å². The zero-order chi connectivity index (χ0) is 53.5. The molecule has 5 heteroatoms. The number of anilines is 8. The predicted molar refractivity (Wildman–Crippen MR) is 331 cm³/mol. The van der Waals surface area contributed by atoms with Gasteiger partial charge in [-0.25, -0.2) is 0 Å². The fourth-order valence-corrected chi connectivity index (χ4v) is 14.7. The monoisotopic (exact) mass is 1010 g/mol. The van der Waals surface area contributed by atoms with Crippen LogP contribution in [0.3, 0.4) is 0 Å². The summed E-state index contributed by atoms with van der Waals surface area (Å²) < 4.78 is 0. The molecule has 1 fully saturated rings. The average molecular weight is 1010 g/mol. The maximum absolute atomic E-state index is 2.85. The van der Waals surface area contributed by atoms with Crippen molar-refractivity contribution in [1.29, 1.82) is 0 Å². The third-order valence-corrected chi connectivity index (χ3v) is 20.9. The number of rotatable bonds is 7. The van der Waals surface area contributed by atoms with Crippen LogP contribution >= 0.6 is 0 Å². The second kappa shape index (κ2) is 17.6. The van der Waals surface area contributed by atoms with Gasteiger partial charge in [-0.2, -0.15) is 0 Å². The third-order valence-electron chi connectivity index (χ3n) is 18.9. The SMILES string of the molecule is CC(C)C(C)c1ccc2c(c1)N(c1ccc(C(C)(C)C)cc1-c1ccccc1)c1cc(N3c4ccc([Si](C)(C)C)cc4C4(C)CCCCC34C)cc3c1B2c1cc(C(C)(C)C)ccc1N3c1ccc(C(C)(C)C)cc1. The number of fused-ring (bicyclic) bond motifs is 7. The first-order valence-corrected chi connectivity index (χ1v) is 32.0. The quantitative estimate of drug-likeness (QED) is 0.147. The van der Waals surface area contributed by atoms with E-state index in [-0.39, 0.29) is 33.9 Å². The standard InChI is InChI=1S/C70H84BN3Si/c1-45(2)46(3)48-25-33-57-62(39-48)73(59-34-28-50(67(7,8)9)40-55(59)47-23-19-18-20-24-47)64-43-53(74-60-36-32-54(75(15,16)17)44-56(60)69(13)37-21-22-38-70(69,74)14)42-63-65(64)71(57)58-41-51(68(10,11)12)29-35-61(58)72(63)52-30-26-49(27-31-52)66(4,5)6/h18-20,23-36,39-46H,21-22,37-38H2,1-17H3. The maximum atomic E-state index is 2.85. The van der Waals surface area contributed by atoms with Gasteiger partial charge < -0.3 is 14.7 Å². The van der Waals surface area contributed by atoms with Gasteiger partial charge in [0.25, 0.3) is 6.71 Å². The molecular weight excluding hydrogens is 922 g/mol. The first-order chi connectivity index (χ1) is 35.2. The molecule has 1 saturated carbocycles. The largest absolute Gasteiger partial charge is 0.334 e. The highest BCUT2D eigenvalue weighted by molar-refractivity contribution is 7.00. The summed E-state index contributed by atoms with van der Waals surface area (Å²) in [6, 6.07) is 56.2. The minimum absolute atomic E-state index is 0.00386. The van der Waals surface area contributed by atoms with E-state index in [1.807, 2.05) is 0 Å². The van der Waals surface area contributed by atoms with Crippen molar-refractivity contribution < 1.29 is 0 Å². The molecule has 386 valence electrons. The lowest BCUT2D eigenvalue weighted by molar-refractivity contribution is 0.195. The molecule has 0 spiro atoms. The van der Waals surface area contributed by atoms with Crippen molar-refractivity contribution in [3.63, 3.8) is 0 Å². The molecule has 0 radical (unpaired) electrons. The van der Waals surface area contributed by atoms with E-state index in [0.29, 0.717) is 11.8 Å². The molecule has 0 aromatic heterocycles. The van der Waals surface area contributed by atoms with Gasteiger partial charge in [0.05, 0.1) is 19.3 Å². The lowest BCUT2D eigenvalue weighted by atomic mass is 9.33. The normalized spacial score (nSPS) is 19.7. The van der Waals surface area contributed by atoms with Crippen molar-refractivity contribution in [3.05, 3.63) is 167 Å². The van der Waals surface area contributed by atoms with Crippen molar-refractivity contribution in [1.82, 2.24) is 0 Å². The smallest absolute Gasteiger partial charge is 0.252 e. The molecule has 3 unspecified atom stereocenters. The van der Waals surface area contributed by atoms with Crippen LogP contribution in [0.4, 0.5) is 45.5 Å². The lowest BCUT2D eigenvalue weighted by Gasteiger charge is -2.51. The van der Waals surface area contributed by atoms with Crippen LogP contribution in [0.5, 0.6) is 0 Å². The predicted octanol–water partition coefficient (Wildman–Crippen LogP) is 17.4. The van der Waals surface area contributed by atoms with Crippen molar-refractivity contribution in [3.8, 4) is 11.1 Å². The van der Waals surface area contributed by atoms with Crippen LogP contribution < -0.4 is 36.3 Å². The summed E-state index contributed by atoms with van der Waals surface area (Å²) in [5.41, 5.74) is 23.5. The van der Waals surface area contributed by atoms with E-state index >= 15 is 0 Å². The van der Waals surface area contributed by atoms with E-state index in [1.54, 1.807) is 10.8 Å². The van der Waals surface area contributed by atoms with Crippen LogP contribution in [0.1, 0.15) is 156 Å². The second-order valence-corrected chi connectivity index (χ2v) is 33.2. The van der Waals surface area contributed by atoms with E-state index in [1.165, 1.54) is 115 Å². The molecule has 0 saturated heterocycles. The van der Waals surface area contributed by atoms with E-state index in [0.717, 1.165) is 6.42 Å². The van der Waals surface area contributed by atoms with Gasteiger partial charge in [0.2, 0.25) is 0 Å². The zero-order valence-corrected chi connectivity index (χ0v) is 49.7. The fourth-order valence-electron chi connectivity index (χ4n) is 13.6. The summed E-state index contributed by atoms with van der Waals surface area (Å²) in [6.45, 7) is 41.1. The van der Waals surface area contributed by atoms with E-state index in [9.17, 15) is 0 Å². The highest BCUT2D eigenvalue weighted by atomic mass is 28.3. The summed E-state index contributed by atoms with van der Waals surface area (Å²) in [5, 5.41) is 1.55. The topological polar surface area (TPSA) is 9.72 Å². The van der Waals surface area contributed by atoms with E-state index < -0.39 is 8.07 Å². The summed E-state index contributed by atoms with van der Waals surface area (Å²) in [4.78, 5) is 8.23. The maximum Gasteiger partial charge on any atom is 0.252 e. The Bertz CT molecular complexity index is 3360. The zero-order valence-electron chi connectivity index (χ0n) is 48.7. The van der Waals surface area contributed by atoms with Crippen LogP contribution in [0.15, 0.2) is 140 Å². The highest BCUT2D eigenvalue weighted by Gasteiger charge is 2.58. The van der Waals surface area contributed by atoms with E-state index in [4.69, 9.17) is 0 Å². The van der Waals surface area contributed by atoms with Gasteiger partial charge >= 0.3 is 0 Å². The van der Waals surface area contributed by atoms with Crippen molar-refractivity contribution in [2.75, 3.05) is 14.7 Å². The molecule has 1 aliphatic carbocycles. The highest BCUT2D eigenvalue weighted by Crippen LogP contribution is 2.62. The number of benzene rings is 7. The van der Waals surface area contributed by atoms with Gasteiger partial charge in [-0.1, -0.05) is 213 Å². The van der Waals surface area contributed by atoms with E-state index in [2.05, 4.69) is 271 Å². The Kier molecular flexibility index (Phi) is 12.1. The number of hydrogen-bond donors (Lipinski definition) is 0. The molecule has 7 aromatic carbocycles. The van der Waals surface area contributed by atoms with Gasteiger partial charge in [-0.15, -0.1) is 0 Å². The molecule has 4 aliphatic rings. The molecule has 0 amide bonds. The molecular formula is C70H84BN3Si. The number of nitrogens with zero attached hydrogens (tertiary/aromatic N) is 3. The van der Waals surface area contributed by atoms with Gasteiger partial charge in [0.1, 0.15) is 0 Å². The Morgan fingerprint density at radius 3 is 1.72 bits per heavy atom. The Hall–Kier alpha value is -5.78. The number of hydrogen-bond acceptors (Lipinski definition) is 3. The molecule has 11 rings (SSSR count). The molecule has 0 N–H and O–H groups in total. The first-order valence-electron chi connectivity index (χ1n) is 28.5. The van der Waals surface area contributed by atoms with Crippen LogP contribution in [-0.2, 0) is 21.7 Å². The van der Waals surface area contributed by atoms with Gasteiger partial charge in [0.15, 0.2) is 0 Å².